The Kier molecular flexibility index (Phi) is 6.89. The number of likely N-dealkylation sites (N-methyl/N-ethyl adjacent to an activating group) is 1. The van der Waals surface area contributed by atoms with Crippen LogP contribution in [-0.2, 0) is 4.74 Å². The van der Waals surface area contributed by atoms with Gasteiger partial charge < -0.3 is 19.9 Å². The molecule has 4 rings (SSSR count). The van der Waals surface area contributed by atoms with E-state index in [1.807, 2.05) is 24.3 Å². The lowest BCUT2D eigenvalue weighted by atomic mass is 10.1. The molecule has 9 heteroatoms. The van der Waals surface area contributed by atoms with E-state index in [-0.39, 0.29) is 29.5 Å². The van der Waals surface area contributed by atoms with Crippen molar-refractivity contribution in [2.75, 3.05) is 50.1 Å². The highest BCUT2D eigenvalue weighted by molar-refractivity contribution is 6.12. The van der Waals surface area contributed by atoms with Gasteiger partial charge in [-0.2, -0.15) is 0 Å². The molecule has 9 nitrogen and oxygen atoms in total. The summed E-state index contributed by atoms with van der Waals surface area (Å²) >= 11 is 0. The molecule has 1 N–H and O–H groups in total. The van der Waals surface area contributed by atoms with Crippen LogP contribution >= 0.6 is 0 Å². The Morgan fingerprint density at radius 3 is 2.45 bits per heavy atom. The number of benzene rings is 1. The fraction of sp³-hybridized carbons (Fsp3) is 0.292. The predicted octanol–water partition coefficient (Wildman–Crippen LogP) is 2.77. The predicted molar refractivity (Wildman–Crippen MR) is 125 cm³/mol. The molecule has 0 unspecified atom stereocenters. The highest BCUT2D eigenvalue weighted by atomic mass is 16.5. The highest BCUT2D eigenvalue weighted by Gasteiger charge is 2.23. The first-order valence-electron chi connectivity index (χ1n) is 10.9. The number of pyridine rings is 1. The largest absolute Gasteiger partial charge is 0.462 e. The quantitative estimate of drug-likeness (QED) is 0.434. The topological polar surface area (TPSA) is 101 Å². The number of ketones is 1. The van der Waals surface area contributed by atoms with Crippen molar-refractivity contribution in [1.82, 2.24) is 19.9 Å². The summed E-state index contributed by atoms with van der Waals surface area (Å²) in [4.78, 5) is 42.7. The van der Waals surface area contributed by atoms with Gasteiger partial charge in [-0.1, -0.05) is 6.07 Å². The van der Waals surface area contributed by atoms with E-state index in [1.165, 1.54) is 12.4 Å². The highest BCUT2D eigenvalue weighted by Crippen LogP contribution is 2.22. The summed E-state index contributed by atoms with van der Waals surface area (Å²) in [5.41, 5.74) is 2.05. The van der Waals surface area contributed by atoms with Gasteiger partial charge in [0.2, 0.25) is 11.7 Å². The first kappa shape index (κ1) is 22.3. The molecule has 1 aliphatic rings. The summed E-state index contributed by atoms with van der Waals surface area (Å²) in [5, 5.41) is 3.11. The van der Waals surface area contributed by atoms with Crippen molar-refractivity contribution in [1.29, 1.82) is 0 Å². The third kappa shape index (κ3) is 5.32. The summed E-state index contributed by atoms with van der Waals surface area (Å²) in [6.45, 7) is 5.92. The van der Waals surface area contributed by atoms with Gasteiger partial charge in [0.05, 0.1) is 6.61 Å². The second kappa shape index (κ2) is 10.2. The maximum Gasteiger partial charge on any atom is 0.342 e. The maximum atomic E-state index is 13.0. The molecule has 1 aromatic carbocycles. The molecule has 0 amide bonds. The Bertz CT molecular complexity index is 1110. The lowest BCUT2D eigenvalue weighted by Crippen LogP contribution is -2.44. The summed E-state index contributed by atoms with van der Waals surface area (Å²) in [7, 11) is 2.13. The third-order valence-corrected chi connectivity index (χ3v) is 5.39. The van der Waals surface area contributed by atoms with E-state index in [2.05, 4.69) is 37.1 Å². The van der Waals surface area contributed by atoms with Crippen molar-refractivity contribution in [2.24, 2.45) is 0 Å². The van der Waals surface area contributed by atoms with Crippen LogP contribution in [0.1, 0.15) is 33.5 Å². The Labute approximate surface area is 192 Å². The van der Waals surface area contributed by atoms with E-state index in [1.54, 1.807) is 25.1 Å². The Morgan fingerprint density at radius 2 is 1.79 bits per heavy atom. The van der Waals surface area contributed by atoms with Crippen molar-refractivity contribution in [3.8, 4) is 0 Å². The van der Waals surface area contributed by atoms with Crippen LogP contribution in [0.2, 0.25) is 0 Å². The van der Waals surface area contributed by atoms with E-state index in [9.17, 15) is 9.59 Å². The van der Waals surface area contributed by atoms with Crippen molar-refractivity contribution >= 4 is 29.1 Å². The Morgan fingerprint density at radius 1 is 1.03 bits per heavy atom. The van der Waals surface area contributed by atoms with Crippen molar-refractivity contribution in [3.05, 3.63) is 71.8 Å². The molecule has 170 valence electrons. The lowest BCUT2D eigenvalue weighted by Gasteiger charge is -2.34. The molecule has 1 saturated heterocycles. The number of piperazine rings is 1. The molecular formula is C24H26N6O3. The molecule has 1 aliphatic heterocycles. The first-order chi connectivity index (χ1) is 16.0. The number of nitrogens with zero attached hydrogens (tertiary/aromatic N) is 5. The number of hydrogen-bond donors (Lipinski definition) is 1. The number of nitrogens with one attached hydrogen (secondary N) is 1. The molecule has 0 saturated carbocycles. The molecule has 3 aromatic rings. The zero-order valence-corrected chi connectivity index (χ0v) is 18.7. The molecular weight excluding hydrogens is 420 g/mol. The van der Waals surface area contributed by atoms with Crippen LogP contribution in [0.4, 0.5) is 17.3 Å². The van der Waals surface area contributed by atoms with E-state index in [0.717, 1.165) is 37.6 Å². The van der Waals surface area contributed by atoms with E-state index >= 15 is 0 Å². The smallest absolute Gasteiger partial charge is 0.342 e. The fourth-order valence-corrected chi connectivity index (χ4v) is 3.54. The SMILES string of the molecule is CCOC(=O)c1cnc(Nc2ccc(N3CCN(C)CC3)cc2)nc1C(=O)c1ccccn1. The van der Waals surface area contributed by atoms with Crippen molar-refractivity contribution in [2.45, 2.75) is 6.92 Å². The number of carbonyl (C=O) groups excluding carboxylic acids is 2. The minimum atomic E-state index is -0.653. The zero-order valence-electron chi connectivity index (χ0n) is 18.7. The number of carbonyl (C=O) groups is 2. The number of rotatable bonds is 7. The third-order valence-electron chi connectivity index (χ3n) is 5.39. The average molecular weight is 447 g/mol. The summed E-state index contributed by atoms with van der Waals surface area (Å²) in [6.07, 6.45) is 2.82. The number of esters is 1. The van der Waals surface area contributed by atoms with Gasteiger partial charge in [-0.15, -0.1) is 0 Å². The fourth-order valence-electron chi connectivity index (χ4n) is 3.54. The van der Waals surface area contributed by atoms with Gasteiger partial charge in [0.25, 0.3) is 0 Å². The molecule has 0 spiro atoms. The lowest BCUT2D eigenvalue weighted by molar-refractivity contribution is 0.0522. The molecule has 1 fully saturated rings. The molecule has 0 aliphatic carbocycles. The Hall–Kier alpha value is -3.85. The number of anilines is 3. The molecule has 0 atom stereocenters. The molecule has 0 radical (unpaired) electrons. The second-order valence-corrected chi connectivity index (χ2v) is 7.68. The zero-order chi connectivity index (χ0) is 23.2. The number of hydrogen-bond acceptors (Lipinski definition) is 9. The van der Waals surface area contributed by atoms with E-state index in [4.69, 9.17) is 4.74 Å². The maximum absolute atomic E-state index is 13.0. The molecule has 0 bridgehead atoms. The number of aromatic nitrogens is 3. The van der Waals surface area contributed by atoms with Crippen molar-refractivity contribution < 1.29 is 14.3 Å². The summed E-state index contributed by atoms with van der Waals surface area (Å²) in [5.74, 6) is -0.927. The van der Waals surface area contributed by atoms with E-state index < -0.39 is 11.8 Å². The van der Waals surface area contributed by atoms with Crippen LogP contribution < -0.4 is 10.2 Å². The minimum absolute atomic E-state index is 0.00321. The van der Waals surface area contributed by atoms with Crippen LogP contribution in [0.5, 0.6) is 0 Å². The van der Waals surface area contributed by atoms with Gasteiger partial charge in [-0.05, 0) is 50.4 Å². The van der Waals surface area contributed by atoms with Crippen LogP contribution in [0.15, 0.2) is 54.9 Å². The molecule has 3 heterocycles. The first-order valence-corrected chi connectivity index (χ1v) is 10.9. The second-order valence-electron chi connectivity index (χ2n) is 7.68. The van der Waals surface area contributed by atoms with Gasteiger partial charge in [0.1, 0.15) is 17.0 Å². The van der Waals surface area contributed by atoms with Gasteiger partial charge in [-0.25, -0.2) is 14.8 Å². The molecule has 33 heavy (non-hydrogen) atoms. The summed E-state index contributed by atoms with van der Waals surface area (Å²) < 4.78 is 5.07. The van der Waals surface area contributed by atoms with Crippen LogP contribution in [0, 0.1) is 0 Å². The normalized spacial score (nSPS) is 14.1. The van der Waals surface area contributed by atoms with Crippen LogP contribution in [0.25, 0.3) is 0 Å². The van der Waals surface area contributed by atoms with Crippen LogP contribution in [-0.4, -0.2) is 71.4 Å². The standard InChI is InChI=1S/C24H26N6O3/c1-3-33-23(32)19-16-26-24(28-21(19)22(31)20-6-4-5-11-25-20)27-17-7-9-18(10-8-17)30-14-12-29(2)13-15-30/h4-11,16H,3,12-15H2,1-2H3,(H,26,27,28). The monoisotopic (exact) mass is 446 g/mol. The Balaban J connectivity index is 1.56. The average Bonchev–Trinajstić information content (AvgIpc) is 2.85. The van der Waals surface area contributed by atoms with Gasteiger partial charge in [0.15, 0.2) is 0 Å². The number of ether oxygens (including phenoxy) is 1. The van der Waals surface area contributed by atoms with Crippen LogP contribution in [0.3, 0.4) is 0 Å². The summed E-state index contributed by atoms with van der Waals surface area (Å²) in [6, 6.07) is 13.0. The van der Waals surface area contributed by atoms with Gasteiger partial charge in [0, 0.05) is 49.9 Å². The van der Waals surface area contributed by atoms with Crippen molar-refractivity contribution in [3.63, 3.8) is 0 Å². The minimum Gasteiger partial charge on any atom is -0.462 e. The van der Waals surface area contributed by atoms with E-state index in [0.29, 0.717) is 0 Å². The van der Waals surface area contributed by atoms with Gasteiger partial charge in [-0.3, -0.25) is 9.78 Å². The van der Waals surface area contributed by atoms with Gasteiger partial charge >= 0.3 is 5.97 Å². The molecule has 2 aromatic heterocycles.